The average molecular weight is 572 g/mol. The highest BCUT2D eigenvalue weighted by Gasteiger charge is 2.28. The average Bonchev–Trinajstić information content (AvgIpc) is 3.01. The van der Waals surface area contributed by atoms with Crippen LogP contribution in [0.2, 0.25) is 0 Å². The third-order valence-corrected chi connectivity index (χ3v) is 8.94. The van der Waals surface area contributed by atoms with E-state index in [0.717, 1.165) is 22.6 Å². The molecule has 0 bridgehead atoms. The fourth-order valence-electron chi connectivity index (χ4n) is 3.85. The van der Waals surface area contributed by atoms with Crippen molar-refractivity contribution in [1.82, 2.24) is 5.32 Å². The fourth-order valence-corrected chi connectivity index (χ4v) is 6.45. The molecule has 0 aromatic heterocycles. The van der Waals surface area contributed by atoms with E-state index in [2.05, 4.69) is 29.6 Å². The molecular formula is C33H33NO4S2. The SMILES string of the molecule is O=C(N[C@@H](CC(SCc1ccccc1)SCc1ccccc1)C(=O)OCc1ccccc1)OCc1ccccc1. The number of hydrogen-bond donors (Lipinski definition) is 1. The van der Waals surface area contributed by atoms with Crippen molar-refractivity contribution in [2.24, 2.45) is 0 Å². The lowest BCUT2D eigenvalue weighted by Crippen LogP contribution is -2.43. The van der Waals surface area contributed by atoms with Crippen LogP contribution in [0.15, 0.2) is 121 Å². The smallest absolute Gasteiger partial charge is 0.408 e. The van der Waals surface area contributed by atoms with Crippen LogP contribution < -0.4 is 5.32 Å². The van der Waals surface area contributed by atoms with Crippen molar-refractivity contribution in [3.8, 4) is 0 Å². The summed E-state index contributed by atoms with van der Waals surface area (Å²) in [7, 11) is 0. The molecule has 0 fully saturated rings. The molecule has 0 spiro atoms. The molecule has 1 amide bonds. The third kappa shape index (κ3) is 10.5. The van der Waals surface area contributed by atoms with E-state index >= 15 is 0 Å². The topological polar surface area (TPSA) is 64.6 Å². The van der Waals surface area contributed by atoms with E-state index in [0.29, 0.717) is 6.42 Å². The molecule has 1 N–H and O–H groups in total. The zero-order chi connectivity index (χ0) is 27.8. The van der Waals surface area contributed by atoms with Gasteiger partial charge in [0.15, 0.2) is 0 Å². The molecule has 4 rings (SSSR count). The molecule has 0 aliphatic rings. The molecule has 4 aromatic rings. The molecule has 5 nitrogen and oxygen atoms in total. The van der Waals surface area contributed by atoms with Crippen molar-refractivity contribution in [1.29, 1.82) is 0 Å². The standard InChI is InChI=1S/C33H33NO4S2/c35-32(37-22-26-13-5-1-6-14-26)30(34-33(36)38-23-27-15-7-2-8-16-27)21-31(39-24-28-17-9-3-10-18-28)40-25-29-19-11-4-12-20-29/h1-20,30-31H,21-25H2,(H,34,36)/t30-/m0/s1. The van der Waals surface area contributed by atoms with Crippen LogP contribution in [-0.4, -0.2) is 22.7 Å². The number of hydrogen-bond acceptors (Lipinski definition) is 6. The van der Waals surface area contributed by atoms with Crippen LogP contribution in [-0.2, 0) is 39.0 Å². The van der Waals surface area contributed by atoms with Crippen molar-refractivity contribution < 1.29 is 19.1 Å². The first-order chi connectivity index (χ1) is 19.7. The summed E-state index contributed by atoms with van der Waals surface area (Å²) in [6.45, 7) is 0.253. The maximum atomic E-state index is 13.3. The molecule has 0 unspecified atom stereocenters. The van der Waals surface area contributed by atoms with Crippen molar-refractivity contribution in [2.45, 2.75) is 41.8 Å². The van der Waals surface area contributed by atoms with E-state index in [9.17, 15) is 9.59 Å². The number of carbonyl (C=O) groups is 2. The molecule has 0 aliphatic heterocycles. The Labute approximate surface area is 244 Å². The quantitative estimate of drug-likeness (QED) is 0.124. The Balaban J connectivity index is 1.44. The number of amides is 1. The number of carbonyl (C=O) groups excluding carboxylic acids is 2. The summed E-state index contributed by atoms with van der Waals surface area (Å²) in [5, 5.41) is 2.79. The normalized spacial score (nSPS) is 11.5. The maximum Gasteiger partial charge on any atom is 0.408 e. The van der Waals surface area contributed by atoms with Crippen LogP contribution >= 0.6 is 23.5 Å². The van der Waals surface area contributed by atoms with Crippen molar-refractivity contribution in [3.05, 3.63) is 144 Å². The molecule has 0 saturated carbocycles. The molecule has 1 atom stereocenters. The summed E-state index contributed by atoms with van der Waals surface area (Å²) in [4.78, 5) is 26.1. The second-order valence-electron chi connectivity index (χ2n) is 9.11. The van der Waals surface area contributed by atoms with Gasteiger partial charge in [0.1, 0.15) is 19.3 Å². The van der Waals surface area contributed by atoms with Gasteiger partial charge in [0.05, 0.1) is 4.58 Å². The zero-order valence-electron chi connectivity index (χ0n) is 22.2. The molecule has 40 heavy (non-hydrogen) atoms. The molecule has 0 aliphatic carbocycles. The first kappa shape index (κ1) is 29.3. The van der Waals surface area contributed by atoms with Gasteiger partial charge in [-0.3, -0.25) is 0 Å². The number of esters is 1. The molecular weight excluding hydrogens is 539 g/mol. The number of thioether (sulfide) groups is 2. The third-order valence-electron chi connectivity index (χ3n) is 6.00. The number of alkyl carbamates (subject to hydrolysis) is 1. The van der Waals surface area contributed by atoms with E-state index in [-0.39, 0.29) is 17.8 Å². The first-order valence-corrected chi connectivity index (χ1v) is 15.2. The Kier molecular flexibility index (Phi) is 12.0. The number of ether oxygens (including phenoxy) is 2. The minimum Gasteiger partial charge on any atom is -0.459 e. The van der Waals surface area contributed by atoms with Gasteiger partial charge in [-0.1, -0.05) is 121 Å². The van der Waals surface area contributed by atoms with E-state index in [1.54, 1.807) is 23.5 Å². The van der Waals surface area contributed by atoms with Gasteiger partial charge in [-0.15, -0.1) is 23.5 Å². The van der Waals surface area contributed by atoms with Crippen molar-refractivity contribution in [2.75, 3.05) is 0 Å². The van der Waals surface area contributed by atoms with E-state index < -0.39 is 18.1 Å². The van der Waals surface area contributed by atoms with Gasteiger partial charge in [0, 0.05) is 11.5 Å². The molecule has 206 valence electrons. The summed E-state index contributed by atoms with van der Waals surface area (Å²) in [5.41, 5.74) is 4.16. The minimum absolute atomic E-state index is 0.0177. The minimum atomic E-state index is -0.858. The zero-order valence-corrected chi connectivity index (χ0v) is 23.8. The van der Waals surface area contributed by atoms with Crippen LogP contribution in [0.1, 0.15) is 28.7 Å². The number of rotatable bonds is 14. The highest BCUT2D eigenvalue weighted by molar-refractivity contribution is 8.16. The summed E-state index contributed by atoms with van der Waals surface area (Å²) >= 11 is 3.51. The van der Waals surface area contributed by atoms with Gasteiger partial charge in [-0.25, -0.2) is 9.59 Å². The van der Waals surface area contributed by atoms with E-state index in [1.165, 1.54) is 11.1 Å². The van der Waals surface area contributed by atoms with Crippen molar-refractivity contribution in [3.63, 3.8) is 0 Å². The lowest BCUT2D eigenvalue weighted by molar-refractivity contribution is -0.147. The molecule has 0 heterocycles. The summed E-state index contributed by atoms with van der Waals surface area (Å²) in [5.74, 6) is 1.10. The Morgan fingerprint density at radius 1 is 0.575 bits per heavy atom. The number of benzene rings is 4. The van der Waals surface area contributed by atoms with Gasteiger partial charge in [0.2, 0.25) is 0 Å². The second-order valence-corrected chi connectivity index (χ2v) is 11.8. The van der Waals surface area contributed by atoms with Gasteiger partial charge in [-0.05, 0) is 28.7 Å². The number of nitrogens with one attached hydrogen (secondary N) is 1. The van der Waals surface area contributed by atoms with Crippen LogP contribution in [0.3, 0.4) is 0 Å². The largest absolute Gasteiger partial charge is 0.459 e. The highest BCUT2D eigenvalue weighted by Crippen LogP contribution is 2.33. The molecule has 0 radical (unpaired) electrons. The van der Waals surface area contributed by atoms with Crippen LogP contribution in [0.4, 0.5) is 4.79 Å². The lowest BCUT2D eigenvalue weighted by atomic mass is 10.2. The van der Waals surface area contributed by atoms with Gasteiger partial charge in [-0.2, -0.15) is 0 Å². The van der Waals surface area contributed by atoms with Gasteiger partial charge in [0.25, 0.3) is 0 Å². The second kappa shape index (κ2) is 16.4. The van der Waals surface area contributed by atoms with Crippen LogP contribution in [0.5, 0.6) is 0 Å². The predicted molar refractivity (Wildman–Crippen MR) is 164 cm³/mol. The fraction of sp³-hybridized carbons (Fsp3) is 0.212. The maximum absolute atomic E-state index is 13.3. The molecule has 0 saturated heterocycles. The summed E-state index contributed by atoms with van der Waals surface area (Å²) in [6.07, 6.45) is -0.256. The Morgan fingerprint density at radius 3 is 1.43 bits per heavy atom. The molecule has 4 aromatic carbocycles. The van der Waals surface area contributed by atoms with Crippen LogP contribution in [0, 0.1) is 0 Å². The molecule has 7 heteroatoms. The van der Waals surface area contributed by atoms with Gasteiger partial charge >= 0.3 is 12.1 Å². The Morgan fingerprint density at radius 2 is 0.975 bits per heavy atom. The van der Waals surface area contributed by atoms with E-state index in [1.807, 2.05) is 97.1 Å². The van der Waals surface area contributed by atoms with Crippen LogP contribution in [0.25, 0.3) is 0 Å². The summed E-state index contributed by atoms with van der Waals surface area (Å²) < 4.78 is 11.1. The Bertz CT molecular complexity index is 1250. The van der Waals surface area contributed by atoms with Gasteiger partial charge < -0.3 is 14.8 Å². The Hall–Kier alpha value is -3.68. The highest BCUT2D eigenvalue weighted by atomic mass is 32.2. The monoisotopic (exact) mass is 571 g/mol. The predicted octanol–water partition coefficient (Wildman–Crippen LogP) is 7.61. The first-order valence-electron chi connectivity index (χ1n) is 13.1. The lowest BCUT2D eigenvalue weighted by Gasteiger charge is -2.23. The van der Waals surface area contributed by atoms with Crippen molar-refractivity contribution >= 4 is 35.6 Å². The summed E-state index contributed by atoms with van der Waals surface area (Å²) in [6, 6.07) is 38.6. The van der Waals surface area contributed by atoms with E-state index in [4.69, 9.17) is 9.47 Å².